The largest absolute Gasteiger partial charge is 0.279 e. The van der Waals surface area contributed by atoms with Gasteiger partial charge >= 0.3 is 0 Å². The van der Waals surface area contributed by atoms with Crippen molar-refractivity contribution >= 4 is 17.3 Å². The van der Waals surface area contributed by atoms with Gasteiger partial charge in [-0.1, -0.05) is 23.7 Å². The summed E-state index contributed by atoms with van der Waals surface area (Å²) in [5.74, 6) is 0. The van der Waals surface area contributed by atoms with Gasteiger partial charge in [-0.2, -0.15) is 0 Å². The van der Waals surface area contributed by atoms with Crippen LogP contribution in [0.5, 0.6) is 0 Å². The number of para-hydroxylation sites is 1. The molecule has 0 unspecified atom stereocenters. The molecule has 0 atom stereocenters. The van der Waals surface area contributed by atoms with E-state index in [9.17, 15) is 0 Å². The Labute approximate surface area is 64.7 Å². The summed E-state index contributed by atoms with van der Waals surface area (Å²) in [6.45, 7) is 0. The summed E-state index contributed by atoms with van der Waals surface area (Å²) in [6, 6.07) is 7.38. The van der Waals surface area contributed by atoms with Gasteiger partial charge in [0.2, 0.25) is 0 Å². The Morgan fingerprint density at radius 1 is 1.40 bits per heavy atom. The Morgan fingerprint density at radius 2 is 2.10 bits per heavy atom. The van der Waals surface area contributed by atoms with E-state index in [0.717, 1.165) is 5.69 Å². The van der Waals surface area contributed by atoms with Crippen LogP contribution in [0.1, 0.15) is 0 Å². The zero-order valence-electron chi connectivity index (χ0n) is 5.60. The zero-order valence-corrected chi connectivity index (χ0v) is 6.35. The molecule has 1 aromatic rings. The van der Waals surface area contributed by atoms with Crippen molar-refractivity contribution in [2.75, 3.05) is 12.6 Å². The maximum absolute atomic E-state index is 5.76. The summed E-state index contributed by atoms with van der Waals surface area (Å²) in [5, 5.41) is 0.657. The lowest BCUT2D eigenvalue weighted by atomic mass is 10.3. The molecule has 1 N–H and O–H groups in total. The van der Waals surface area contributed by atoms with Gasteiger partial charge in [0, 0.05) is 0 Å². The van der Waals surface area contributed by atoms with Crippen molar-refractivity contribution in [1.29, 1.82) is 0 Å². The summed E-state index contributed by atoms with van der Waals surface area (Å²) in [7, 11) is 1.54. The fraction of sp³-hybridized carbons (Fsp3) is 0.143. The van der Waals surface area contributed by atoms with Gasteiger partial charge < -0.3 is 0 Å². The molecule has 2 nitrogen and oxygen atoms in total. The van der Waals surface area contributed by atoms with E-state index in [0.29, 0.717) is 5.02 Å². The van der Waals surface area contributed by atoms with Crippen LogP contribution in [0.15, 0.2) is 24.3 Å². The molecule has 0 aliphatic carbocycles. The maximum Gasteiger partial charge on any atom is 0.0790 e. The van der Waals surface area contributed by atoms with E-state index in [2.05, 4.69) is 10.3 Å². The van der Waals surface area contributed by atoms with Crippen molar-refractivity contribution in [2.45, 2.75) is 0 Å². The third-order valence-electron chi connectivity index (χ3n) is 1.09. The number of hydrogen-bond donors (Lipinski definition) is 1. The van der Waals surface area contributed by atoms with Gasteiger partial charge in [0.1, 0.15) is 0 Å². The molecule has 54 valence electrons. The van der Waals surface area contributed by atoms with E-state index in [-0.39, 0.29) is 0 Å². The molecule has 0 spiro atoms. The second kappa shape index (κ2) is 3.44. The van der Waals surface area contributed by atoms with Gasteiger partial charge in [-0.05, 0) is 12.1 Å². The molecule has 0 bridgehead atoms. The van der Waals surface area contributed by atoms with Crippen LogP contribution >= 0.6 is 11.6 Å². The first kappa shape index (κ1) is 7.38. The topological polar surface area (TPSA) is 21.3 Å². The van der Waals surface area contributed by atoms with Crippen LogP contribution in [-0.4, -0.2) is 7.11 Å². The maximum atomic E-state index is 5.76. The summed E-state index contributed by atoms with van der Waals surface area (Å²) < 4.78 is 0. The molecular weight excluding hydrogens is 150 g/mol. The van der Waals surface area contributed by atoms with Crippen LogP contribution in [0.4, 0.5) is 5.69 Å². The first-order valence-electron chi connectivity index (χ1n) is 2.88. The smallest absolute Gasteiger partial charge is 0.0790 e. The molecule has 1 aromatic carbocycles. The van der Waals surface area contributed by atoms with Crippen LogP contribution in [0, 0.1) is 0 Å². The molecule has 0 radical (unpaired) electrons. The van der Waals surface area contributed by atoms with Gasteiger partial charge in [-0.25, -0.2) is 0 Å². The number of anilines is 1. The van der Waals surface area contributed by atoms with E-state index in [4.69, 9.17) is 11.6 Å². The molecule has 3 heteroatoms. The Morgan fingerprint density at radius 3 is 2.70 bits per heavy atom. The van der Waals surface area contributed by atoms with E-state index >= 15 is 0 Å². The average molecular weight is 158 g/mol. The number of benzene rings is 1. The van der Waals surface area contributed by atoms with E-state index in [1.165, 1.54) is 0 Å². The minimum atomic E-state index is 0.657. The van der Waals surface area contributed by atoms with Gasteiger partial charge in [0.15, 0.2) is 0 Å². The van der Waals surface area contributed by atoms with Gasteiger partial charge in [0.05, 0.1) is 17.8 Å². The summed E-state index contributed by atoms with van der Waals surface area (Å²) >= 11 is 5.76. The van der Waals surface area contributed by atoms with Crippen LogP contribution in [-0.2, 0) is 4.84 Å². The fourth-order valence-electron chi connectivity index (χ4n) is 0.654. The average Bonchev–Trinajstić information content (AvgIpc) is 1.94. The molecule has 0 saturated heterocycles. The number of hydrogen-bond acceptors (Lipinski definition) is 2. The first-order valence-corrected chi connectivity index (χ1v) is 3.26. The molecule has 0 saturated carbocycles. The predicted octanol–water partition coefficient (Wildman–Crippen LogP) is 2.31. The van der Waals surface area contributed by atoms with Crippen molar-refractivity contribution in [3.8, 4) is 0 Å². The highest BCUT2D eigenvalue weighted by Gasteiger charge is 1.93. The second-order valence-corrected chi connectivity index (χ2v) is 2.19. The minimum absolute atomic E-state index is 0.657. The van der Waals surface area contributed by atoms with Gasteiger partial charge in [0.25, 0.3) is 0 Å². The van der Waals surface area contributed by atoms with Crippen molar-refractivity contribution in [3.63, 3.8) is 0 Å². The molecule has 1 rings (SSSR count). The third-order valence-corrected chi connectivity index (χ3v) is 1.42. The number of rotatable bonds is 2. The van der Waals surface area contributed by atoms with E-state index < -0.39 is 0 Å². The summed E-state index contributed by atoms with van der Waals surface area (Å²) in [5.41, 5.74) is 3.43. The van der Waals surface area contributed by atoms with E-state index in [1.54, 1.807) is 13.2 Å². The molecule has 0 fully saturated rings. The summed E-state index contributed by atoms with van der Waals surface area (Å²) in [6.07, 6.45) is 0. The molecular formula is C7H8ClNO. The van der Waals surface area contributed by atoms with Crippen molar-refractivity contribution in [3.05, 3.63) is 29.3 Å². The Bertz CT molecular complexity index is 215. The molecule has 0 amide bonds. The quantitative estimate of drug-likeness (QED) is 0.666. The highest BCUT2D eigenvalue weighted by molar-refractivity contribution is 6.33. The third kappa shape index (κ3) is 1.62. The lowest BCUT2D eigenvalue weighted by Crippen LogP contribution is -1.95. The number of nitrogens with one attached hydrogen (secondary N) is 1. The van der Waals surface area contributed by atoms with Crippen LogP contribution in [0.3, 0.4) is 0 Å². The van der Waals surface area contributed by atoms with Crippen LogP contribution in [0.25, 0.3) is 0 Å². The molecule has 0 aliphatic rings. The Balaban J connectivity index is 2.81. The molecule has 0 heterocycles. The standard InChI is InChI=1S/C7H8ClNO/c1-10-9-7-5-3-2-4-6(7)8/h2-5,9H,1H3. The Kier molecular flexibility index (Phi) is 2.54. The highest BCUT2D eigenvalue weighted by atomic mass is 35.5. The van der Waals surface area contributed by atoms with Gasteiger partial charge in [-0.3, -0.25) is 10.3 Å². The lowest BCUT2D eigenvalue weighted by molar-refractivity contribution is 0.271. The second-order valence-electron chi connectivity index (χ2n) is 1.79. The van der Waals surface area contributed by atoms with Gasteiger partial charge in [-0.15, -0.1) is 0 Å². The first-order chi connectivity index (χ1) is 4.84. The molecule has 0 aromatic heterocycles. The minimum Gasteiger partial charge on any atom is -0.279 e. The molecule has 0 aliphatic heterocycles. The zero-order chi connectivity index (χ0) is 7.40. The lowest BCUT2D eigenvalue weighted by Gasteiger charge is -2.02. The normalized spacial score (nSPS) is 9.40. The van der Waals surface area contributed by atoms with Crippen molar-refractivity contribution in [1.82, 2.24) is 0 Å². The van der Waals surface area contributed by atoms with Crippen LogP contribution in [0.2, 0.25) is 5.02 Å². The fourth-order valence-corrected chi connectivity index (χ4v) is 0.828. The predicted molar refractivity (Wildman–Crippen MR) is 42.1 cm³/mol. The van der Waals surface area contributed by atoms with E-state index in [1.807, 2.05) is 18.2 Å². The van der Waals surface area contributed by atoms with Crippen LogP contribution < -0.4 is 5.48 Å². The molecule has 10 heavy (non-hydrogen) atoms. The Hall–Kier alpha value is -0.730. The highest BCUT2D eigenvalue weighted by Crippen LogP contribution is 2.19. The summed E-state index contributed by atoms with van der Waals surface area (Å²) in [4.78, 5) is 4.67. The van der Waals surface area contributed by atoms with Crippen molar-refractivity contribution < 1.29 is 4.84 Å². The number of halogens is 1. The monoisotopic (exact) mass is 157 g/mol. The van der Waals surface area contributed by atoms with Crippen molar-refractivity contribution in [2.24, 2.45) is 0 Å². The SMILES string of the molecule is CONc1ccccc1Cl.